The van der Waals surface area contributed by atoms with Gasteiger partial charge in [0.25, 0.3) is 0 Å². The fourth-order valence-corrected chi connectivity index (χ4v) is 1.64. The first-order valence-electron chi connectivity index (χ1n) is 5.77. The number of nitrogens with zero attached hydrogens (tertiary/aromatic N) is 1. The van der Waals surface area contributed by atoms with Crippen LogP contribution in [0.2, 0.25) is 0 Å². The van der Waals surface area contributed by atoms with Crippen LogP contribution < -0.4 is 0 Å². The molecule has 0 aromatic carbocycles. The Balaban J connectivity index is 3.47. The lowest BCUT2D eigenvalue weighted by Gasteiger charge is -2.16. The lowest BCUT2D eigenvalue weighted by molar-refractivity contribution is 0.120. The molecule has 0 saturated carbocycles. The van der Waals surface area contributed by atoms with Crippen molar-refractivity contribution in [1.82, 2.24) is 0 Å². The molecule has 0 bridgehead atoms. The second-order valence-corrected chi connectivity index (χ2v) is 4.07. The number of nitriles is 1. The standard InChI is InChI=1S/C12H23NO/c1-3-4-5-6-7-8-12(9-10-13)11(2)14/h11-12,14H,3-9H2,1-2H3. The average molecular weight is 197 g/mol. The molecule has 0 spiro atoms. The molecule has 0 radical (unpaired) electrons. The fraction of sp³-hybridized carbons (Fsp3) is 0.917. The Morgan fingerprint density at radius 1 is 1.21 bits per heavy atom. The van der Waals surface area contributed by atoms with E-state index >= 15 is 0 Å². The van der Waals surface area contributed by atoms with Crippen molar-refractivity contribution in [2.75, 3.05) is 0 Å². The van der Waals surface area contributed by atoms with Gasteiger partial charge in [-0.25, -0.2) is 0 Å². The highest BCUT2D eigenvalue weighted by molar-refractivity contribution is 4.78. The molecule has 0 rings (SSSR count). The number of hydrogen-bond acceptors (Lipinski definition) is 2. The third kappa shape index (κ3) is 6.91. The van der Waals surface area contributed by atoms with Crippen molar-refractivity contribution in [3.63, 3.8) is 0 Å². The Hall–Kier alpha value is -0.550. The first-order chi connectivity index (χ1) is 6.72. The first kappa shape index (κ1) is 13.4. The average Bonchev–Trinajstić information content (AvgIpc) is 2.15. The number of aliphatic hydroxyl groups is 1. The smallest absolute Gasteiger partial charge is 0.0625 e. The topological polar surface area (TPSA) is 44.0 Å². The minimum atomic E-state index is -0.333. The normalized spacial score (nSPS) is 14.7. The number of unbranched alkanes of at least 4 members (excludes halogenated alkanes) is 4. The van der Waals surface area contributed by atoms with Gasteiger partial charge in [0.2, 0.25) is 0 Å². The molecule has 0 aliphatic carbocycles. The van der Waals surface area contributed by atoms with Gasteiger partial charge >= 0.3 is 0 Å². The zero-order valence-corrected chi connectivity index (χ0v) is 9.50. The Morgan fingerprint density at radius 3 is 2.36 bits per heavy atom. The minimum Gasteiger partial charge on any atom is -0.393 e. The second kappa shape index (κ2) is 9.02. The van der Waals surface area contributed by atoms with E-state index in [1.54, 1.807) is 6.92 Å². The molecule has 0 saturated heterocycles. The molecule has 2 unspecified atom stereocenters. The van der Waals surface area contributed by atoms with Gasteiger partial charge in [0.05, 0.1) is 12.2 Å². The van der Waals surface area contributed by atoms with Crippen molar-refractivity contribution in [2.24, 2.45) is 5.92 Å². The Labute approximate surface area is 87.9 Å². The van der Waals surface area contributed by atoms with Gasteiger partial charge in [-0.2, -0.15) is 5.26 Å². The Bertz CT molecular complexity index is 160. The van der Waals surface area contributed by atoms with Crippen molar-refractivity contribution in [3.05, 3.63) is 0 Å². The van der Waals surface area contributed by atoms with E-state index in [1.165, 1.54) is 25.7 Å². The van der Waals surface area contributed by atoms with Crippen molar-refractivity contribution in [1.29, 1.82) is 5.26 Å². The summed E-state index contributed by atoms with van der Waals surface area (Å²) in [6.45, 7) is 3.99. The summed E-state index contributed by atoms with van der Waals surface area (Å²) < 4.78 is 0. The van der Waals surface area contributed by atoms with E-state index in [1.807, 2.05) is 0 Å². The lowest BCUT2D eigenvalue weighted by atomic mass is 9.93. The number of hydrogen-bond donors (Lipinski definition) is 1. The minimum absolute atomic E-state index is 0.182. The van der Waals surface area contributed by atoms with Crippen LogP contribution in [0, 0.1) is 17.2 Å². The summed E-state index contributed by atoms with van der Waals surface area (Å²) in [5, 5.41) is 18.0. The molecule has 0 aliphatic rings. The number of aliphatic hydroxyl groups excluding tert-OH is 1. The van der Waals surface area contributed by atoms with Crippen LogP contribution in [-0.2, 0) is 0 Å². The fourth-order valence-electron chi connectivity index (χ4n) is 1.64. The van der Waals surface area contributed by atoms with E-state index in [4.69, 9.17) is 5.26 Å². The highest BCUT2D eigenvalue weighted by Crippen LogP contribution is 2.17. The molecule has 14 heavy (non-hydrogen) atoms. The van der Waals surface area contributed by atoms with Crippen molar-refractivity contribution >= 4 is 0 Å². The summed E-state index contributed by atoms with van der Waals surface area (Å²) in [5.74, 6) is 0.182. The third-order valence-electron chi connectivity index (χ3n) is 2.71. The van der Waals surface area contributed by atoms with E-state index < -0.39 is 0 Å². The lowest BCUT2D eigenvalue weighted by Crippen LogP contribution is -2.16. The molecule has 2 atom stereocenters. The molecule has 82 valence electrons. The summed E-state index contributed by atoms with van der Waals surface area (Å²) in [4.78, 5) is 0. The predicted octanol–water partition coefficient (Wildman–Crippen LogP) is 3.26. The van der Waals surface area contributed by atoms with Gasteiger partial charge in [0, 0.05) is 6.42 Å². The molecule has 0 aliphatic heterocycles. The van der Waals surface area contributed by atoms with Crippen LogP contribution in [0.15, 0.2) is 0 Å². The van der Waals surface area contributed by atoms with E-state index in [0.29, 0.717) is 6.42 Å². The van der Waals surface area contributed by atoms with Crippen molar-refractivity contribution in [2.45, 2.75) is 64.9 Å². The largest absolute Gasteiger partial charge is 0.393 e. The van der Waals surface area contributed by atoms with E-state index in [2.05, 4.69) is 13.0 Å². The van der Waals surface area contributed by atoms with Gasteiger partial charge < -0.3 is 5.11 Å². The van der Waals surface area contributed by atoms with Gasteiger partial charge in [0.1, 0.15) is 0 Å². The summed E-state index contributed by atoms with van der Waals surface area (Å²) in [5.41, 5.74) is 0. The van der Waals surface area contributed by atoms with Crippen LogP contribution in [0.4, 0.5) is 0 Å². The summed E-state index contributed by atoms with van der Waals surface area (Å²) >= 11 is 0. The maximum Gasteiger partial charge on any atom is 0.0625 e. The summed E-state index contributed by atoms with van der Waals surface area (Å²) in [6.07, 6.45) is 7.39. The van der Waals surface area contributed by atoms with Gasteiger partial charge in [-0.1, -0.05) is 39.0 Å². The van der Waals surface area contributed by atoms with Gasteiger partial charge in [0.15, 0.2) is 0 Å². The van der Waals surface area contributed by atoms with Crippen LogP contribution in [0.5, 0.6) is 0 Å². The molecule has 0 aromatic rings. The van der Waals surface area contributed by atoms with Gasteiger partial charge in [-0.15, -0.1) is 0 Å². The molecule has 0 fully saturated rings. The van der Waals surface area contributed by atoms with E-state index in [9.17, 15) is 5.11 Å². The molecule has 1 N–H and O–H groups in total. The zero-order valence-electron chi connectivity index (χ0n) is 9.50. The van der Waals surface area contributed by atoms with Gasteiger partial charge in [-0.05, 0) is 19.3 Å². The maximum absolute atomic E-state index is 9.39. The van der Waals surface area contributed by atoms with Crippen LogP contribution >= 0.6 is 0 Å². The Morgan fingerprint density at radius 2 is 1.86 bits per heavy atom. The highest BCUT2D eigenvalue weighted by Gasteiger charge is 2.13. The summed E-state index contributed by atoms with van der Waals surface area (Å²) in [7, 11) is 0. The van der Waals surface area contributed by atoms with Crippen LogP contribution in [0.3, 0.4) is 0 Å². The molecule has 0 amide bonds. The monoisotopic (exact) mass is 197 g/mol. The molecule has 2 heteroatoms. The van der Waals surface area contributed by atoms with E-state index in [0.717, 1.165) is 12.8 Å². The van der Waals surface area contributed by atoms with Crippen LogP contribution in [-0.4, -0.2) is 11.2 Å². The van der Waals surface area contributed by atoms with Crippen LogP contribution in [0.1, 0.15) is 58.8 Å². The van der Waals surface area contributed by atoms with Crippen molar-refractivity contribution < 1.29 is 5.11 Å². The SMILES string of the molecule is CCCCCCCC(CC#N)C(C)O. The molecule has 2 nitrogen and oxygen atoms in total. The van der Waals surface area contributed by atoms with E-state index in [-0.39, 0.29) is 12.0 Å². The Kier molecular flexibility index (Phi) is 8.67. The number of rotatable bonds is 8. The highest BCUT2D eigenvalue weighted by atomic mass is 16.3. The first-order valence-corrected chi connectivity index (χ1v) is 5.77. The molecule has 0 heterocycles. The quantitative estimate of drug-likeness (QED) is 0.607. The van der Waals surface area contributed by atoms with Crippen LogP contribution in [0.25, 0.3) is 0 Å². The summed E-state index contributed by atoms with van der Waals surface area (Å²) in [6, 6.07) is 2.14. The molecular weight excluding hydrogens is 174 g/mol. The third-order valence-corrected chi connectivity index (χ3v) is 2.71. The predicted molar refractivity (Wildman–Crippen MR) is 58.8 cm³/mol. The second-order valence-electron chi connectivity index (χ2n) is 4.07. The molecular formula is C12H23NO. The van der Waals surface area contributed by atoms with Gasteiger partial charge in [-0.3, -0.25) is 0 Å². The van der Waals surface area contributed by atoms with Crippen molar-refractivity contribution in [3.8, 4) is 6.07 Å². The maximum atomic E-state index is 9.39. The molecule has 0 aromatic heterocycles. The zero-order chi connectivity index (χ0) is 10.8.